The SMILES string of the molecule is Cc1ccc(C(=O)Nc2ccc(C(C)N3CCN(C)CC3)cc2)cc1Nc1nc(-c2cccnc2)cs1. The van der Waals surface area contributed by atoms with Crippen LogP contribution in [-0.2, 0) is 0 Å². The number of hydrogen-bond acceptors (Lipinski definition) is 7. The summed E-state index contributed by atoms with van der Waals surface area (Å²) in [7, 11) is 2.17. The first-order valence-corrected chi connectivity index (χ1v) is 13.4. The Morgan fingerprint density at radius 1 is 1.05 bits per heavy atom. The topological polar surface area (TPSA) is 73.4 Å². The monoisotopic (exact) mass is 512 g/mol. The van der Waals surface area contributed by atoms with Gasteiger partial charge >= 0.3 is 0 Å². The molecule has 37 heavy (non-hydrogen) atoms. The van der Waals surface area contributed by atoms with Gasteiger partial charge in [-0.25, -0.2) is 4.98 Å². The van der Waals surface area contributed by atoms with Crippen molar-refractivity contribution in [2.24, 2.45) is 0 Å². The van der Waals surface area contributed by atoms with Crippen molar-refractivity contribution in [1.82, 2.24) is 19.8 Å². The molecule has 1 amide bonds. The minimum absolute atomic E-state index is 0.141. The third kappa shape index (κ3) is 6.05. The van der Waals surface area contributed by atoms with Crippen LogP contribution in [0.2, 0.25) is 0 Å². The van der Waals surface area contributed by atoms with Crippen molar-refractivity contribution in [3.05, 3.63) is 89.1 Å². The quantitative estimate of drug-likeness (QED) is 0.325. The Balaban J connectivity index is 1.23. The first-order valence-electron chi connectivity index (χ1n) is 12.5. The Morgan fingerprint density at radius 3 is 2.57 bits per heavy atom. The molecule has 0 saturated carbocycles. The Morgan fingerprint density at radius 2 is 1.84 bits per heavy atom. The van der Waals surface area contributed by atoms with E-state index in [-0.39, 0.29) is 5.91 Å². The van der Waals surface area contributed by atoms with Gasteiger partial charge in [0, 0.05) is 72.5 Å². The highest BCUT2D eigenvalue weighted by atomic mass is 32.1. The van der Waals surface area contributed by atoms with Crippen molar-refractivity contribution in [2.45, 2.75) is 19.9 Å². The van der Waals surface area contributed by atoms with Crippen LogP contribution in [0.4, 0.5) is 16.5 Å². The Kier molecular flexibility index (Phi) is 7.60. The molecule has 0 bridgehead atoms. The van der Waals surface area contributed by atoms with E-state index >= 15 is 0 Å². The number of carbonyl (C=O) groups excluding carboxylic acids is 1. The lowest BCUT2D eigenvalue weighted by Crippen LogP contribution is -2.45. The predicted octanol–water partition coefficient (Wildman–Crippen LogP) is 5.82. The van der Waals surface area contributed by atoms with Gasteiger partial charge in [0.1, 0.15) is 0 Å². The highest BCUT2D eigenvalue weighted by Gasteiger charge is 2.20. The maximum absolute atomic E-state index is 13.0. The van der Waals surface area contributed by atoms with Crippen LogP contribution in [0.25, 0.3) is 11.3 Å². The highest BCUT2D eigenvalue weighted by molar-refractivity contribution is 7.14. The molecular weight excluding hydrogens is 480 g/mol. The number of carbonyl (C=O) groups is 1. The molecule has 1 aliphatic rings. The molecule has 4 aromatic rings. The van der Waals surface area contributed by atoms with E-state index in [1.165, 1.54) is 16.9 Å². The second-order valence-corrected chi connectivity index (χ2v) is 10.4. The number of nitrogens with one attached hydrogen (secondary N) is 2. The second-order valence-electron chi connectivity index (χ2n) is 9.53. The predicted molar refractivity (Wildman–Crippen MR) is 152 cm³/mol. The van der Waals surface area contributed by atoms with Gasteiger partial charge in [0.15, 0.2) is 5.13 Å². The molecule has 2 aromatic heterocycles. The lowest BCUT2D eigenvalue weighted by Gasteiger charge is -2.36. The molecule has 1 unspecified atom stereocenters. The van der Waals surface area contributed by atoms with Gasteiger partial charge in [-0.1, -0.05) is 18.2 Å². The van der Waals surface area contributed by atoms with Crippen LogP contribution < -0.4 is 10.6 Å². The Bertz CT molecular complexity index is 1350. The smallest absolute Gasteiger partial charge is 0.255 e. The number of amides is 1. The van der Waals surface area contributed by atoms with E-state index in [1.54, 1.807) is 12.4 Å². The van der Waals surface area contributed by atoms with E-state index in [9.17, 15) is 4.79 Å². The summed E-state index contributed by atoms with van der Waals surface area (Å²) in [6, 6.07) is 18.1. The fraction of sp³-hybridized carbons (Fsp3) is 0.276. The van der Waals surface area contributed by atoms with Gasteiger partial charge in [-0.3, -0.25) is 14.7 Å². The first kappa shape index (κ1) is 25.1. The van der Waals surface area contributed by atoms with Crippen LogP contribution in [0.15, 0.2) is 72.4 Å². The second kappa shape index (κ2) is 11.2. The standard InChI is InChI=1S/C29H32N6OS/c1-20-6-7-23(17-26(20)32-29-33-27(19-37-29)24-5-4-12-30-18-24)28(36)31-25-10-8-22(9-11-25)21(2)35-15-13-34(3)14-16-35/h4-12,17-19,21H,13-16H2,1-3H3,(H,31,36)(H,32,33). The lowest BCUT2D eigenvalue weighted by atomic mass is 10.1. The molecule has 190 valence electrons. The largest absolute Gasteiger partial charge is 0.331 e. The van der Waals surface area contributed by atoms with Gasteiger partial charge in [0.25, 0.3) is 5.91 Å². The van der Waals surface area contributed by atoms with Crippen molar-refractivity contribution in [1.29, 1.82) is 0 Å². The average Bonchev–Trinajstić information content (AvgIpc) is 3.39. The van der Waals surface area contributed by atoms with Gasteiger partial charge in [-0.2, -0.15) is 0 Å². The molecule has 2 aromatic carbocycles. The van der Waals surface area contributed by atoms with E-state index in [1.807, 2.05) is 54.8 Å². The minimum Gasteiger partial charge on any atom is -0.331 e. The normalized spacial score (nSPS) is 15.3. The molecule has 1 saturated heterocycles. The van der Waals surface area contributed by atoms with E-state index in [4.69, 9.17) is 0 Å². The molecule has 5 rings (SSSR count). The number of piperazine rings is 1. The zero-order chi connectivity index (χ0) is 25.8. The molecule has 0 aliphatic carbocycles. The molecule has 1 fully saturated rings. The summed E-state index contributed by atoms with van der Waals surface area (Å²) in [5.41, 5.74) is 6.38. The Labute approximate surface area is 222 Å². The summed E-state index contributed by atoms with van der Waals surface area (Å²) in [5, 5.41) is 9.18. The highest BCUT2D eigenvalue weighted by Crippen LogP contribution is 2.29. The molecule has 0 radical (unpaired) electrons. The molecule has 1 atom stereocenters. The lowest BCUT2D eigenvalue weighted by molar-refractivity contribution is 0.102. The maximum atomic E-state index is 13.0. The minimum atomic E-state index is -0.141. The van der Waals surface area contributed by atoms with Crippen LogP contribution >= 0.6 is 11.3 Å². The summed E-state index contributed by atoms with van der Waals surface area (Å²) >= 11 is 1.52. The molecule has 3 heterocycles. The van der Waals surface area contributed by atoms with Crippen LogP contribution in [0.3, 0.4) is 0 Å². The summed E-state index contributed by atoms with van der Waals surface area (Å²) in [6.07, 6.45) is 3.55. The third-order valence-corrected chi connectivity index (χ3v) is 7.70. The van der Waals surface area contributed by atoms with E-state index in [0.717, 1.165) is 59.5 Å². The number of nitrogens with zero attached hydrogens (tertiary/aromatic N) is 4. The number of hydrogen-bond donors (Lipinski definition) is 2. The fourth-order valence-corrected chi connectivity index (χ4v) is 5.19. The summed E-state index contributed by atoms with van der Waals surface area (Å²) < 4.78 is 0. The number of likely N-dealkylation sites (N-methyl/N-ethyl adjacent to an activating group) is 1. The summed E-state index contributed by atoms with van der Waals surface area (Å²) in [5.74, 6) is -0.141. The van der Waals surface area contributed by atoms with Gasteiger partial charge in [-0.05, 0) is 68.4 Å². The van der Waals surface area contributed by atoms with Gasteiger partial charge in [0.2, 0.25) is 0 Å². The van der Waals surface area contributed by atoms with Crippen molar-refractivity contribution < 1.29 is 4.79 Å². The molecule has 0 spiro atoms. The average molecular weight is 513 g/mol. The van der Waals surface area contributed by atoms with E-state index in [2.05, 4.69) is 56.5 Å². The van der Waals surface area contributed by atoms with Crippen LogP contribution in [-0.4, -0.2) is 58.9 Å². The van der Waals surface area contributed by atoms with Gasteiger partial charge < -0.3 is 15.5 Å². The zero-order valence-electron chi connectivity index (χ0n) is 21.4. The number of anilines is 3. The zero-order valence-corrected chi connectivity index (χ0v) is 22.3. The van der Waals surface area contributed by atoms with Gasteiger partial charge in [-0.15, -0.1) is 11.3 Å². The van der Waals surface area contributed by atoms with Gasteiger partial charge in [0.05, 0.1) is 5.69 Å². The third-order valence-electron chi connectivity index (χ3n) is 6.94. The van der Waals surface area contributed by atoms with Crippen molar-refractivity contribution in [3.8, 4) is 11.3 Å². The molecule has 1 aliphatic heterocycles. The summed E-state index contributed by atoms with van der Waals surface area (Å²) in [6.45, 7) is 8.61. The number of rotatable bonds is 7. The van der Waals surface area contributed by atoms with Crippen molar-refractivity contribution in [2.75, 3.05) is 43.9 Å². The van der Waals surface area contributed by atoms with E-state index < -0.39 is 0 Å². The number of aromatic nitrogens is 2. The van der Waals surface area contributed by atoms with Crippen LogP contribution in [0, 0.1) is 6.92 Å². The molecule has 7 nitrogen and oxygen atoms in total. The summed E-state index contributed by atoms with van der Waals surface area (Å²) in [4.78, 5) is 26.8. The first-order chi connectivity index (χ1) is 18.0. The van der Waals surface area contributed by atoms with Crippen molar-refractivity contribution >= 4 is 33.8 Å². The number of thiazole rings is 1. The maximum Gasteiger partial charge on any atom is 0.255 e. The molecular formula is C29H32N6OS. The molecule has 8 heteroatoms. The van der Waals surface area contributed by atoms with Crippen LogP contribution in [0.5, 0.6) is 0 Å². The number of benzene rings is 2. The van der Waals surface area contributed by atoms with E-state index in [0.29, 0.717) is 11.6 Å². The number of aryl methyl sites for hydroxylation is 1. The fourth-order valence-electron chi connectivity index (χ4n) is 4.46. The molecule has 2 N–H and O–H groups in total. The Hall–Kier alpha value is -3.59. The number of pyridine rings is 1. The van der Waals surface area contributed by atoms with Crippen molar-refractivity contribution in [3.63, 3.8) is 0 Å². The van der Waals surface area contributed by atoms with Crippen LogP contribution in [0.1, 0.15) is 34.5 Å².